The molecule has 2 aromatic carbocycles. The fraction of sp³-hybridized carbons (Fsp3) is 0.294. The van der Waals surface area contributed by atoms with Gasteiger partial charge in [-0.1, -0.05) is 0 Å². The number of methoxy groups -OCH3 is 3. The number of sulfonamides is 1. The summed E-state index contributed by atoms with van der Waals surface area (Å²) in [4.78, 5) is 0.200. The van der Waals surface area contributed by atoms with E-state index < -0.39 is 10.0 Å². The predicted molar refractivity (Wildman–Crippen MR) is 91.4 cm³/mol. The Balaban J connectivity index is 2.02. The minimum absolute atomic E-state index is 0.200. The molecule has 0 atom stereocenters. The Morgan fingerprint density at radius 1 is 0.833 bits per heavy atom. The third kappa shape index (κ3) is 4.62. The fourth-order valence-electron chi connectivity index (χ4n) is 2.18. The molecule has 6 nitrogen and oxygen atoms in total. The molecular weight excluding hydrogens is 330 g/mol. The van der Waals surface area contributed by atoms with E-state index in [0.29, 0.717) is 23.7 Å². The van der Waals surface area contributed by atoms with Crippen molar-refractivity contribution in [2.24, 2.45) is 0 Å². The van der Waals surface area contributed by atoms with Gasteiger partial charge in [-0.25, -0.2) is 13.1 Å². The standard InChI is InChI=1S/C17H21NO5S/c1-21-14-4-6-17(7-5-14)24(19,20)18-9-8-13-10-15(22-2)12-16(11-13)23-3/h4-7,10-12,18H,8-9H2,1-3H3. The number of hydrogen-bond acceptors (Lipinski definition) is 5. The van der Waals surface area contributed by atoms with E-state index in [-0.39, 0.29) is 11.4 Å². The van der Waals surface area contributed by atoms with Gasteiger partial charge in [0.15, 0.2) is 0 Å². The van der Waals surface area contributed by atoms with Crippen molar-refractivity contribution >= 4 is 10.0 Å². The van der Waals surface area contributed by atoms with Crippen LogP contribution in [-0.2, 0) is 16.4 Å². The van der Waals surface area contributed by atoms with Gasteiger partial charge in [0.2, 0.25) is 10.0 Å². The van der Waals surface area contributed by atoms with Gasteiger partial charge in [-0.15, -0.1) is 0 Å². The Morgan fingerprint density at radius 2 is 1.38 bits per heavy atom. The molecule has 7 heteroatoms. The van der Waals surface area contributed by atoms with E-state index in [1.165, 1.54) is 19.2 Å². The second-order valence-corrected chi connectivity index (χ2v) is 6.81. The summed E-state index contributed by atoms with van der Waals surface area (Å²) in [5.74, 6) is 1.95. The summed E-state index contributed by atoms with van der Waals surface area (Å²) in [7, 11) is 1.13. The quantitative estimate of drug-likeness (QED) is 0.789. The lowest BCUT2D eigenvalue weighted by molar-refractivity contribution is 0.393. The van der Waals surface area contributed by atoms with Crippen molar-refractivity contribution in [2.45, 2.75) is 11.3 Å². The lowest BCUT2D eigenvalue weighted by atomic mass is 10.1. The second kappa shape index (κ2) is 8.03. The number of rotatable bonds is 8. The maximum atomic E-state index is 12.3. The van der Waals surface area contributed by atoms with Crippen LogP contribution in [0.1, 0.15) is 5.56 Å². The first-order valence-electron chi connectivity index (χ1n) is 7.34. The number of hydrogen-bond donors (Lipinski definition) is 1. The van der Waals surface area contributed by atoms with E-state index in [1.807, 2.05) is 12.1 Å². The van der Waals surface area contributed by atoms with Crippen LogP contribution >= 0.6 is 0 Å². The van der Waals surface area contributed by atoms with Crippen molar-refractivity contribution < 1.29 is 22.6 Å². The van der Waals surface area contributed by atoms with E-state index in [2.05, 4.69) is 4.72 Å². The molecule has 0 amide bonds. The summed E-state index contributed by atoms with van der Waals surface area (Å²) in [6.45, 7) is 0.269. The van der Waals surface area contributed by atoms with Crippen LogP contribution in [0.15, 0.2) is 47.4 Å². The van der Waals surface area contributed by atoms with Gasteiger partial charge in [0.25, 0.3) is 0 Å². The van der Waals surface area contributed by atoms with Gasteiger partial charge in [-0.2, -0.15) is 0 Å². The van der Waals surface area contributed by atoms with Crippen LogP contribution in [0.2, 0.25) is 0 Å². The van der Waals surface area contributed by atoms with Crippen LogP contribution in [0, 0.1) is 0 Å². The molecule has 0 bridgehead atoms. The van der Waals surface area contributed by atoms with Gasteiger partial charge < -0.3 is 14.2 Å². The van der Waals surface area contributed by atoms with Gasteiger partial charge >= 0.3 is 0 Å². The predicted octanol–water partition coefficient (Wildman–Crippen LogP) is 2.23. The Kier molecular flexibility index (Phi) is 6.05. The molecule has 0 aliphatic heterocycles. The monoisotopic (exact) mass is 351 g/mol. The van der Waals surface area contributed by atoms with Crippen molar-refractivity contribution in [3.8, 4) is 17.2 Å². The van der Waals surface area contributed by atoms with Crippen LogP contribution in [0.5, 0.6) is 17.2 Å². The summed E-state index contributed by atoms with van der Waals surface area (Å²) in [5.41, 5.74) is 0.920. The van der Waals surface area contributed by atoms with E-state index in [1.54, 1.807) is 32.4 Å². The van der Waals surface area contributed by atoms with Gasteiger partial charge in [0.1, 0.15) is 17.2 Å². The maximum absolute atomic E-state index is 12.3. The lowest BCUT2D eigenvalue weighted by Gasteiger charge is -2.10. The maximum Gasteiger partial charge on any atom is 0.240 e. The average Bonchev–Trinajstić information content (AvgIpc) is 2.61. The highest BCUT2D eigenvalue weighted by atomic mass is 32.2. The SMILES string of the molecule is COc1ccc(S(=O)(=O)NCCc2cc(OC)cc(OC)c2)cc1. The molecule has 0 aliphatic rings. The third-order valence-electron chi connectivity index (χ3n) is 3.49. The summed E-state index contributed by atoms with van der Waals surface area (Å²) < 4.78 is 42.6. The van der Waals surface area contributed by atoms with Crippen molar-refractivity contribution in [3.63, 3.8) is 0 Å². The van der Waals surface area contributed by atoms with Gasteiger partial charge in [-0.05, 0) is 48.4 Å². The van der Waals surface area contributed by atoms with Crippen molar-refractivity contribution in [3.05, 3.63) is 48.0 Å². The third-order valence-corrected chi connectivity index (χ3v) is 4.96. The van der Waals surface area contributed by atoms with E-state index >= 15 is 0 Å². The fourth-order valence-corrected chi connectivity index (χ4v) is 3.21. The number of ether oxygens (including phenoxy) is 3. The molecule has 0 unspecified atom stereocenters. The summed E-state index contributed by atoms with van der Waals surface area (Å²) in [6, 6.07) is 11.7. The van der Waals surface area contributed by atoms with Gasteiger partial charge in [-0.3, -0.25) is 0 Å². The molecule has 130 valence electrons. The van der Waals surface area contributed by atoms with Crippen molar-refractivity contribution in [1.29, 1.82) is 0 Å². The van der Waals surface area contributed by atoms with E-state index in [4.69, 9.17) is 14.2 Å². The first-order valence-corrected chi connectivity index (χ1v) is 8.82. The zero-order valence-electron chi connectivity index (χ0n) is 13.9. The van der Waals surface area contributed by atoms with Crippen molar-refractivity contribution in [2.75, 3.05) is 27.9 Å². The van der Waals surface area contributed by atoms with Gasteiger partial charge in [0.05, 0.1) is 26.2 Å². The van der Waals surface area contributed by atoms with Crippen LogP contribution in [0.25, 0.3) is 0 Å². The molecule has 2 rings (SSSR count). The Bertz CT molecular complexity index is 750. The topological polar surface area (TPSA) is 73.9 Å². The van der Waals surface area contributed by atoms with E-state index in [0.717, 1.165) is 5.56 Å². The molecule has 1 N–H and O–H groups in total. The summed E-state index contributed by atoms with van der Waals surface area (Å²) >= 11 is 0. The molecule has 0 aromatic heterocycles. The Labute approximate surface area is 142 Å². The molecule has 0 saturated carbocycles. The largest absolute Gasteiger partial charge is 0.497 e. The normalized spacial score (nSPS) is 11.1. The van der Waals surface area contributed by atoms with Crippen LogP contribution < -0.4 is 18.9 Å². The molecule has 0 saturated heterocycles. The van der Waals surface area contributed by atoms with Crippen LogP contribution in [0.3, 0.4) is 0 Å². The molecule has 0 spiro atoms. The molecule has 0 fully saturated rings. The van der Waals surface area contributed by atoms with Crippen molar-refractivity contribution in [1.82, 2.24) is 4.72 Å². The molecule has 0 radical (unpaired) electrons. The summed E-state index contributed by atoms with van der Waals surface area (Å²) in [5, 5.41) is 0. The van der Waals surface area contributed by atoms with Gasteiger partial charge in [0, 0.05) is 12.6 Å². The molecule has 0 aliphatic carbocycles. The van der Waals surface area contributed by atoms with Crippen LogP contribution in [-0.4, -0.2) is 36.3 Å². The smallest absolute Gasteiger partial charge is 0.240 e. The first kappa shape index (κ1) is 18.1. The molecular formula is C17H21NO5S. The zero-order chi connectivity index (χ0) is 17.6. The average molecular weight is 351 g/mol. The zero-order valence-corrected chi connectivity index (χ0v) is 14.7. The molecule has 24 heavy (non-hydrogen) atoms. The Morgan fingerprint density at radius 3 is 1.88 bits per heavy atom. The Hall–Kier alpha value is -2.25. The summed E-state index contributed by atoms with van der Waals surface area (Å²) in [6.07, 6.45) is 0.517. The highest BCUT2D eigenvalue weighted by Gasteiger charge is 2.13. The number of benzene rings is 2. The van der Waals surface area contributed by atoms with Crippen LogP contribution in [0.4, 0.5) is 0 Å². The minimum atomic E-state index is -3.55. The lowest BCUT2D eigenvalue weighted by Crippen LogP contribution is -2.26. The number of nitrogens with one attached hydrogen (secondary N) is 1. The molecule has 2 aromatic rings. The van der Waals surface area contributed by atoms with E-state index in [9.17, 15) is 8.42 Å². The highest BCUT2D eigenvalue weighted by molar-refractivity contribution is 7.89. The minimum Gasteiger partial charge on any atom is -0.497 e. The molecule has 0 heterocycles. The first-order chi connectivity index (χ1) is 11.5. The highest BCUT2D eigenvalue weighted by Crippen LogP contribution is 2.22. The second-order valence-electron chi connectivity index (χ2n) is 5.04.